The number of carbonyl (C=O) groups is 1. The number of carboxylic acids is 1. The van der Waals surface area contributed by atoms with Crippen molar-refractivity contribution in [3.63, 3.8) is 0 Å². The van der Waals surface area contributed by atoms with Crippen LogP contribution in [0.1, 0.15) is 37.0 Å². The summed E-state index contributed by atoms with van der Waals surface area (Å²) in [6.07, 6.45) is 1.80. The average molecular weight is 218 g/mol. The molecule has 2 rings (SSSR count). The van der Waals surface area contributed by atoms with Crippen molar-refractivity contribution < 1.29 is 9.90 Å². The summed E-state index contributed by atoms with van der Waals surface area (Å²) in [4.78, 5) is 18.2. The van der Waals surface area contributed by atoms with Crippen molar-refractivity contribution in [3.05, 3.63) is 29.7 Å². The monoisotopic (exact) mass is 218 g/mol. The lowest BCUT2D eigenvalue weighted by Gasteiger charge is -2.19. The number of carboxylic acid groups (broad SMARTS) is 1. The maximum atomic E-state index is 11.0. The van der Waals surface area contributed by atoms with Gasteiger partial charge in [-0.15, -0.1) is 0 Å². The molecule has 0 unspecified atom stereocenters. The second-order valence-corrected chi connectivity index (χ2v) is 4.85. The first-order valence-corrected chi connectivity index (χ1v) is 5.11. The Morgan fingerprint density at radius 3 is 2.69 bits per heavy atom. The van der Waals surface area contributed by atoms with E-state index in [1.807, 2.05) is 26.8 Å². The Bertz CT molecular complexity index is 550. The van der Waals surface area contributed by atoms with Crippen LogP contribution in [-0.4, -0.2) is 21.0 Å². The number of hydrogen-bond donors (Lipinski definition) is 2. The molecule has 0 aliphatic carbocycles. The number of H-pyrrole nitrogens is 1. The molecule has 2 aromatic rings. The number of fused-ring (bicyclic) bond motifs is 1. The average Bonchev–Trinajstić information content (AvgIpc) is 2.61. The van der Waals surface area contributed by atoms with E-state index in [1.165, 1.54) is 0 Å². The summed E-state index contributed by atoms with van der Waals surface area (Å²) in [5, 5.41) is 9.98. The summed E-state index contributed by atoms with van der Waals surface area (Å²) in [7, 11) is 0. The minimum absolute atomic E-state index is 0.0832. The zero-order chi connectivity index (χ0) is 11.9. The van der Waals surface area contributed by atoms with Gasteiger partial charge in [-0.05, 0) is 12.1 Å². The van der Waals surface area contributed by atoms with Crippen LogP contribution in [0.4, 0.5) is 0 Å². The summed E-state index contributed by atoms with van der Waals surface area (Å²) in [5.74, 6) is -0.998. The third-order valence-electron chi connectivity index (χ3n) is 2.48. The minimum atomic E-state index is -0.998. The lowest BCUT2D eigenvalue weighted by molar-refractivity contribution is 0.0690. The predicted octanol–water partition coefficient (Wildman–Crippen LogP) is 2.56. The number of aromatic nitrogens is 2. The summed E-state index contributed by atoms with van der Waals surface area (Å²) < 4.78 is 0. The Labute approximate surface area is 93.3 Å². The molecular weight excluding hydrogens is 204 g/mol. The van der Waals surface area contributed by atoms with Gasteiger partial charge in [0, 0.05) is 22.5 Å². The molecule has 0 amide bonds. The third kappa shape index (κ3) is 1.66. The van der Waals surface area contributed by atoms with Gasteiger partial charge in [0.15, 0.2) is 5.69 Å². The van der Waals surface area contributed by atoms with Gasteiger partial charge >= 0.3 is 5.97 Å². The number of nitrogens with zero attached hydrogens (tertiary/aromatic N) is 1. The van der Waals surface area contributed by atoms with Crippen LogP contribution in [0.2, 0.25) is 0 Å². The smallest absolute Gasteiger partial charge is 0.354 e. The van der Waals surface area contributed by atoms with E-state index in [4.69, 9.17) is 5.11 Å². The molecular formula is C12H14N2O2. The van der Waals surface area contributed by atoms with Crippen molar-refractivity contribution in [2.24, 2.45) is 0 Å². The Kier molecular flexibility index (Phi) is 2.22. The summed E-state index contributed by atoms with van der Waals surface area (Å²) in [6.45, 7) is 6.06. The number of nitrogens with one attached hydrogen (secondary N) is 1. The number of aromatic carboxylic acids is 1. The van der Waals surface area contributed by atoms with Crippen LogP contribution in [0.5, 0.6) is 0 Å². The maximum absolute atomic E-state index is 11.0. The molecule has 4 nitrogen and oxygen atoms in total. The van der Waals surface area contributed by atoms with Crippen molar-refractivity contribution in [1.29, 1.82) is 0 Å². The normalized spacial score (nSPS) is 11.9. The zero-order valence-electron chi connectivity index (χ0n) is 9.53. The van der Waals surface area contributed by atoms with E-state index in [0.717, 1.165) is 16.6 Å². The van der Waals surface area contributed by atoms with Crippen LogP contribution in [0.25, 0.3) is 10.9 Å². The SMILES string of the molecule is CC(C)(C)c1nc(C(=O)O)cc2[nH]ccc12. The van der Waals surface area contributed by atoms with Crippen LogP contribution < -0.4 is 0 Å². The molecule has 0 bridgehead atoms. The van der Waals surface area contributed by atoms with E-state index in [0.29, 0.717) is 0 Å². The van der Waals surface area contributed by atoms with Crippen molar-refractivity contribution in [1.82, 2.24) is 9.97 Å². The molecule has 0 radical (unpaired) electrons. The highest BCUT2D eigenvalue weighted by Crippen LogP contribution is 2.28. The summed E-state index contributed by atoms with van der Waals surface area (Å²) in [6, 6.07) is 3.49. The Morgan fingerprint density at radius 1 is 1.44 bits per heavy atom. The summed E-state index contributed by atoms with van der Waals surface area (Å²) >= 11 is 0. The van der Waals surface area contributed by atoms with E-state index >= 15 is 0 Å². The fourth-order valence-electron chi connectivity index (χ4n) is 1.74. The highest BCUT2D eigenvalue weighted by atomic mass is 16.4. The van der Waals surface area contributed by atoms with Crippen LogP contribution >= 0.6 is 0 Å². The van der Waals surface area contributed by atoms with Gasteiger partial charge in [0.1, 0.15) is 0 Å². The first kappa shape index (κ1) is 10.7. The van der Waals surface area contributed by atoms with Gasteiger partial charge in [0.2, 0.25) is 0 Å². The predicted molar refractivity (Wildman–Crippen MR) is 61.8 cm³/mol. The first-order chi connectivity index (χ1) is 7.39. The van der Waals surface area contributed by atoms with Crippen molar-refractivity contribution in [2.45, 2.75) is 26.2 Å². The van der Waals surface area contributed by atoms with Crippen molar-refractivity contribution in [2.75, 3.05) is 0 Å². The topological polar surface area (TPSA) is 66.0 Å². The third-order valence-corrected chi connectivity index (χ3v) is 2.48. The van der Waals surface area contributed by atoms with Gasteiger partial charge < -0.3 is 10.1 Å². The Morgan fingerprint density at radius 2 is 2.12 bits per heavy atom. The van der Waals surface area contributed by atoms with Gasteiger partial charge in [-0.2, -0.15) is 0 Å². The maximum Gasteiger partial charge on any atom is 0.354 e. The summed E-state index contributed by atoms with van der Waals surface area (Å²) in [5.41, 5.74) is 1.53. The van der Waals surface area contributed by atoms with Gasteiger partial charge in [-0.3, -0.25) is 0 Å². The van der Waals surface area contributed by atoms with E-state index in [-0.39, 0.29) is 11.1 Å². The minimum Gasteiger partial charge on any atom is -0.477 e. The number of aromatic amines is 1. The second kappa shape index (κ2) is 3.33. The highest BCUT2D eigenvalue weighted by molar-refractivity contribution is 5.92. The van der Waals surface area contributed by atoms with E-state index < -0.39 is 5.97 Å². The lowest BCUT2D eigenvalue weighted by Crippen LogP contribution is -2.16. The molecule has 2 heterocycles. The zero-order valence-corrected chi connectivity index (χ0v) is 9.53. The van der Waals surface area contributed by atoms with Gasteiger partial charge in [-0.1, -0.05) is 20.8 Å². The largest absolute Gasteiger partial charge is 0.477 e. The van der Waals surface area contributed by atoms with Crippen LogP contribution in [0, 0.1) is 0 Å². The molecule has 0 saturated heterocycles. The highest BCUT2D eigenvalue weighted by Gasteiger charge is 2.21. The molecule has 0 saturated carbocycles. The molecule has 0 aromatic carbocycles. The number of hydrogen-bond acceptors (Lipinski definition) is 2. The molecule has 0 atom stereocenters. The fourth-order valence-corrected chi connectivity index (χ4v) is 1.74. The van der Waals surface area contributed by atoms with Crippen LogP contribution in [0.3, 0.4) is 0 Å². The van der Waals surface area contributed by atoms with Gasteiger partial charge in [0.25, 0.3) is 0 Å². The van der Waals surface area contributed by atoms with Crippen LogP contribution in [-0.2, 0) is 5.41 Å². The molecule has 0 spiro atoms. The Balaban J connectivity index is 2.79. The van der Waals surface area contributed by atoms with Crippen molar-refractivity contribution in [3.8, 4) is 0 Å². The van der Waals surface area contributed by atoms with E-state index in [9.17, 15) is 4.79 Å². The van der Waals surface area contributed by atoms with Gasteiger partial charge in [0.05, 0.1) is 5.69 Å². The van der Waals surface area contributed by atoms with Crippen LogP contribution in [0.15, 0.2) is 18.3 Å². The molecule has 84 valence electrons. The molecule has 4 heteroatoms. The van der Waals surface area contributed by atoms with E-state index in [2.05, 4.69) is 9.97 Å². The number of rotatable bonds is 1. The molecule has 0 aliphatic rings. The van der Waals surface area contributed by atoms with Crippen molar-refractivity contribution >= 4 is 16.9 Å². The van der Waals surface area contributed by atoms with Gasteiger partial charge in [-0.25, -0.2) is 9.78 Å². The Hall–Kier alpha value is -1.84. The molecule has 0 aliphatic heterocycles. The fraction of sp³-hybridized carbons (Fsp3) is 0.333. The molecule has 2 N–H and O–H groups in total. The second-order valence-electron chi connectivity index (χ2n) is 4.85. The molecule has 0 fully saturated rings. The van der Waals surface area contributed by atoms with E-state index in [1.54, 1.807) is 12.3 Å². The first-order valence-electron chi connectivity index (χ1n) is 5.11. The number of pyridine rings is 1. The molecule has 16 heavy (non-hydrogen) atoms. The quantitative estimate of drug-likeness (QED) is 0.773. The standard InChI is InChI=1S/C12H14N2O2/c1-12(2,3)10-7-4-5-13-8(7)6-9(14-10)11(15)16/h4-6,13H,1-3H3,(H,15,16). The lowest BCUT2D eigenvalue weighted by atomic mass is 9.89. The molecule has 2 aromatic heterocycles.